The minimum atomic E-state index is -1.37. The van der Waals surface area contributed by atoms with Crippen LogP contribution in [0.1, 0.15) is 105 Å². The minimum Gasteiger partial charge on any atom is -1.00 e. The van der Waals surface area contributed by atoms with E-state index in [1.54, 1.807) is 34.4 Å². The molecule has 3 aromatic rings. The summed E-state index contributed by atoms with van der Waals surface area (Å²) in [5.41, 5.74) is 14.0. The molecule has 0 spiro atoms. The fourth-order valence-electron chi connectivity index (χ4n) is 8.66. The Balaban J connectivity index is 0.00000260. The van der Waals surface area contributed by atoms with Gasteiger partial charge in [0.2, 0.25) is 0 Å². The Kier molecular flexibility index (Phi) is 11.9. The van der Waals surface area contributed by atoms with Gasteiger partial charge in [0.15, 0.2) is 0 Å². The molecule has 249 valence electrons. The zero-order valence-corrected chi connectivity index (χ0v) is 34.3. The molecule has 3 aliphatic carbocycles. The van der Waals surface area contributed by atoms with E-state index in [1.165, 1.54) is 32.7 Å². The van der Waals surface area contributed by atoms with Crippen molar-refractivity contribution in [1.82, 2.24) is 0 Å². The maximum absolute atomic E-state index is 2.60. The second-order valence-corrected chi connectivity index (χ2v) is 18.3. The first-order valence-corrected chi connectivity index (χ1v) is 19.9. The van der Waals surface area contributed by atoms with Gasteiger partial charge in [0.25, 0.3) is 0 Å². The van der Waals surface area contributed by atoms with Crippen LogP contribution in [0.5, 0.6) is 0 Å². The van der Waals surface area contributed by atoms with Crippen molar-refractivity contribution in [3.05, 3.63) is 152 Å². The predicted molar refractivity (Wildman–Crippen MR) is 196 cm³/mol. The zero-order valence-electron chi connectivity index (χ0n) is 30.3. The number of hydrogen-bond donors (Lipinski definition) is 0. The van der Waals surface area contributed by atoms with Gasteiger partial charge in [0.1, 0.15) is 0 Å². The van der Waals surface area contributed by atoms with Gasteiger partial charge in [-0.2, -0.15) is 0 Å². The molecule has 1 unspecified atom stereocenters. The largest absolute Gasteiger partial charge is 1.00 e. The molecular formula is C45H51Cl2Zr. The molecule has 0 aromatic heterocycles. The third-order valence-electron chi connectivity index (χ3n) is 10.8. The van der Waals surface area contributed by atoms with Crippen molar-refractivity contribution in [3.63, 3.8) is 0 Å². The molecule has 0 fully saturated rings. The average molecular weight is 754 g/mol. The number of rotatable bonds is 7. The molecule has 0 radical (unpaired) electrons. The summed E-state index contributed by atoms with van der Waals surface area (Å²) >= 11 is -1.37. The molecule has 0 N–H and O–H groups in total. The maximum Gasteiger partial charge on any atom is -1.00 e. The van der Waals surface area contributed by atoms with E-state index in [0.29, 0.717) is 0 Å². The summed E-state index contributed by atoms with van der Waals surface area (Å²) in [5, 5.41) is 2.99. The predicted octanol–water partition coefficient (Wildman–Crippen LogP) is 4.37. The van der Waals surface area contributed by atoms with Gasteiger partial charge < -0.3 is 24.8 Å². The van der Waals surface area contributed by atoms with E-state index in [0.717, 1.165) is 25.7 Å². The standard InChI is InChI=1S/C32H41.C13H10.2ClH.Zr/c1-10-24-27(11-2)32(12-3,31(7,8)9)29(21-15-13-14-16-21)26-20-22-19-23(30(4,5)6)17-18-25(22)28(24)26;1-3-7-12(8-4-1)11-13-9-5-2-6-10-13;;;/h13-15,17-19H,10-12,16H2,1-9H3;1-10H;2*1H;/q;;;;+2/p-2. The topological polar surface area (TPSA) is 0 Å². The van der Waals surface area contributed by atoms with Gasteiger partial charge in [-0.15, -0.1) is 0 Å². The minimum absolute atomic E-state index is 0. The summed E-state index contributed by atoms with van der Waals surface area (Å²) in [4.78, 5) is 0. The Labute approximate surface area is 313 Å². The van der Waals surface area contributed by atoms with Gasteiger partial charge in [0.05, 0.1) is 0 Å². The smallest absolute Gasteiger partial charge is 1.00 e. The van der Waals surface area contributed by atoms with Gasteiger partial charge in [-0.1, -0.05) is 0 Å². The van der Waals surface area contributed by atoms with Crippen molar-refractivity contribution >= 4 is 12.1 Å². The monoisotopic (exact) mass is 751 g/mol. The summed E-state index contributed by atoms with van der Waals surface area (Å²) in [5.74, 6) is 0. The van der Waals surface area contributed by atoms with E-state index < -0.39 is 22.8 Å². The Morgan fingerprint density at radius 1 is 0.729 bits per heavy atom. The summed E-state index contributed by atoms with van der Waals surface area (Å²) in [6, 6.07) is 30.1. The molecular weight excluding hydrogens is 703 g/mol. The van der Waals surface area contributed by atoms with E-state index in [9.17, 15) is 0 Å². The van der Waals surface area contributed by atoms with Crippen molar-refractivity contribution in [2.24, 2.45) is 10.8 Å². The van der Waals surface area contributed by atoms with Crippen molar-refractivity contribution in [2.45, 2.75) is 93.4 Å². The number of benzene rings is 3. The van der Waals surface area contributed by atoms with Crippen LogP contribution < -0.4 is 35.3 Å². The van der Waals surface area contributed by atoms with Crippen LogP contribution in [0, 0.1) is 10.8 Å². The molecule has 0 bridgehead atoms. The van der Waals surface area contributed by atoms with Crippen LogP contribution in [0.2, 0.25) is 0 Å². The number of halogens is 2. The van der Waals surface area contributed by atoms with Crippen LogP contribution in [0.25, 0.3) is 8.85 Å². The van der Waals surface area contributed by atoms with E-state index in [1.807, 2.05) is 0 Å². The fraction of sp³-hybridized carbons (Fsp3) is 0.356. The maximum atomic E-state index is 2.60. The quantitative estimate of drug-likeness (QED) is 0.337. The van der Waals surface area contributed by atoms with Crippen molar-refractivity contribution in [2.75, 3.05) is 0 Å². The normalized spacial score (nSPS) is 18.6. The molecule has 6 rings (SSSR count). The molecule has 0 heterocycles. The number of fused-ring (bicyclic) bond motifs is 2. The molecule has 0 amide bonds. The van der Waals surface area contributed by atoms with Crippen LogP contribution in [-0.2, 0) is 28.2 Å². The third kappa shape index (κ3) is 6.38. The summed E-state index contributed by atoms with van der Waals surface area (Å²) < 4.78 is 3.24. The zero-order chi connectivity index (χ0) is 32.9. The SMILES string of the molecule is CCC1=C(CC)C(CC)(C(C)(C)C)C(C2=CC=CC2)=C2[C]([Zr+2]=[C](c3ccccc3)c3ccccc3)=c3cc(C(C)(C)C)ccc3=C12.[Cl-].[Cl-]. The van der Waals surface area contributed by atoms with Crippen molar-refractivity contribution < 1.29 is 47.6 Å². The van der Waals surface area contributed by atoms with Gasteiger partial charge in [-0.05, 0) is 0 Å². The van der Waals surface area contributed by atoms with E-state index >= 15 is 0 Å². The van der Waals surface area contributed by atoms with Crippen LogP contribution in [0.3, 0.4) is 0 Å². The van der Waals surface area contributed by atoms with Crippen LogP contribution in [0.4, 0.5) is 0 Å². The summed E-state index contributed by atoms with van der Waals surface area (Å²) in [7, 11) is 0. The first kappa shape index (κ1) is 38.5. The Morgan fingerprint density at radius 2 is 1.33 bits per heavy atom. The van der Waals surface area contributed by atoms with Gasteiger partial charge >= 0.3 is 291 Å². The van der Waals surface area contributed by atoms with Crippen LogP contribution in [-0.4, -0.2) is 3.21 Å². The first-order valence-electron chi connectivity index (χ1n) is 17.5. The number of hydrogen-bond acceptors (Lipinski definition) is 0. The van der Waals surface area contributed by atoms with Crippen LogP contribution >= 0.6 is 0 Å². The molecule has 3 aromatic carbocycles. The second-order valence-electron chi connectivity index (χ2n) is 15.2. The molecule has 0 aliphatic heterocycles. The van der Waals surface area contributed by atoms with Crippen LogP contribution in [0.15, 0.2) is 125 Å². The van der Waals surface area contributed by atoms with E-state index in [2.05, 4.69) is 159 Å². The van der Waals surface area contributed by atoms with E-state index in [-0.39, 0.29) is 41.1 Å². The Bertz CT molecular complexity index is 1910. The molecule has 3 heteroatoms. The molecule has 0 saturated heterocycles. The third-order valence-corrected chi connectivity index (χ3v) is 14.7. The summed E-state index contributed by atoms with van der Waals surface area (Å²) in [6.45, 7) is 21.9. The fourth-order valence-corrected chi connectivity index (χ4v) is 12.6. The first-order chi connectivity index (χ1) is 22.0. The Hall–Kier alpha value is -2.31. The molecule has 0 saturated carbocycles. The molecule has 1 atom stereocenters. The Morgan fingerprint density at radius 3 is 1.79 bits per heavy atom. The summed E-state index contributed by atoms with van der Waals surface area (Å²) in [6.07, 6.45) is 11.4. The second kappa shape index (κ2) is 14.9. The van der Waals surface area contributed by atoms with Crippen molar-refractivity contribution in [3.8, 4) is 0 Å². The molecule has 0 nitrogen and oxygen atoms in total. The number of allylic oxidation sites excluding steroid dienone is 8. The van der Waals surface area contributed by atoms with E-state index in [4.69, 9.17) is 0 Å². The van der Waals surface area contributed by atoms with Gasteiger partial charge in [0, 0.05) is 0 Å². The van der Waals surface area contributed by atoms with Gasteiger partial charge in [-0.3, -0.25) is 0 Å². The van der Waals surface area contributed by atoms with Crippen molar-refractivity contribution in [1.29, 1.82) is 0 Å². The average Bonchev–Trinajstić information content (AvgIpc) is 3.68. The van der Waals surface area contributed by atoms with Gasteiger partial charge in [-0.25, -0.2) is 0 Å². The molecule has 3 aliphatic rings. The molecule has 48 heavy (non-hydrogen) atoms.